The zero-order valence-electron chi connectivity index (χ0n) is 15.3. The van der Waals surface area contributed by atoms with E-state index in [-0.39, 0.29) is 12.2 Å². The second kappa shape index (κ2) is 8.47. The number of carbonyl (C=O) groups excluding carboxylic acids is 4. The fourth-order valence-electron chi connectivity index (χ4n) is 2.76. The lowest BCUT2D eigenvalue weighted by Crippen LogP contribution is -2.33. The Morgan fingerprint density at radius 3 is 2.11 bits per heavy atom. The van der Waals surface area contributed by atoms with Gasteiger partial charge in [0.1, 0.15) is 5.75 Å². The third-order valence-corrected chi connectivity index (χ3v) is 4.29. The standard InChI is InChI=1S/C21H19NO6/c1-14(23)15-8-10-16(11-9-15)27-12-4-7-19(24)28-13-22-20(25)17-5-2-3-6-18(17)21(22)26/h2-3,5-6,8-11H,4,7,12-13H2,1H3. The van der Waals surface area contributed by atoms with E-state index in [0.717, 1.165) is 4.90 Å². The summed E-state index contributed by atoms with van der Waals surface area (Å²) in [6.45, 7) is 1.38. The molecule has 28 heavy (non-hydrogen) atoms. The van der Waals surface area contributed by atoms with Crippen LogP contribution in [-0.4, -0.2) is 41.8 Å². The molecule has 0 saturated carbocycles. The summed E-state index contributed by atoms with van der Waals surface area (Å²) in [5, 5.41) is 0. The monoisotopic (exact) mass is 381 g/mol. The molecule has 0 aromatic heterocycles. The summed E-state index contributed by atoms with van der Waals surface area (Å²) in [7, 11) is 0. The van der Waals surface area contributed by atoms with E-state index in [1.54, 1.807) is 48.5 Å². The molecular weight excluding hydrogens is 362 g/mol. The van der Waals surface area contributed by atoms with Crippen LogP contribution in [0, 0.1) is 0 Å². The summed E-state index contributed by atoms with van der Waals surface area (Å²) in [5.41, 5.74) is 1.23. The van der Waals surface area contributed by atoms with Crippen molar-refractivity contribution < 1.29 is 28.7 Å². The van der Waals surface area contributed by atoms with Crippen molar-refractivity contribution in [3.05, 3.63) is 65.2 Å². The molecule has 0 saturated heterocycles. The molecule has 0 spiro atoms. The number of carbonyl (C=O) groups is 4. The van der Waals surface area contributed by atoms with Crippen molar-refractivity contribution in [2.75, 3.05) is 13.3 Å². The second-order valence-electron chi connectivity index (χ2n) is 6.26. The SMILES string of the molecule is CC(=O)c1ccc(OCCCC(=O)OCN2C(=O)c3ccccc3C2=O)cc1. The molecule has 1 aliphatic rings. The first-order chi connectivity index (χ1) is 13.5. The second-order valence-corrected chi connectivity index (χ2v) is 6.26. The number of amides is 2. The maximum absolute atomic E-state index is 12.2. The van der Waals surface area contributed by atoms with Crippen LogP contribution in [0.15, 0.2) is 48.5 Å². The Labute approximate surface area is 161 Å². The number of fused-ring (bicyclic) bond motifs is 1. The van der Waals surface area contributed by atoms with Crippen LogP contribution in [0.5, 0.6) is 5.75 Å². The van der Waals surface area contributed by atoms with Crippen molar-refractivity contribution in [3.63, 3.8) is 0 Å². The van der Waals surface area contributed by atoms with Gasteiger partial charge in [-0.25, -0.2) is 4.90 Å². The van der Waals surface area contributed by atoms with Gasteiger partial charge in [0.2, 0.25) is 0 Å². The molecule has 144 valence electrons. The first kappa shape index (κ1) is 19.3. The molecule has 0 aliphatic carbocycles. The summed E-state index contributed by atoms with van der Waals surface area (Å²) < 4.78 is 10.6. The Kier molecular flexibility index (Phi) is 5.84. The quantitative estimate of drug-likeness (QED) is 0.302. The molecule has 0 atom stereocenters. The van der Waals surface area contributed by atoms with Crippen LogP contribution >= 0.6 is 0 Å². The molecule has 0 unspecified atom stereocenters. The van der Waals surface area contributed by atoms with E-state index in [4.69, 9.17) is 9.47 Å². The molecule has 3 rings (SSSR count). The van der Waals surface area contributed by atoms with Crippen LogP contribution in [0.25, 0.3) is 0 Å². The van der Waals surface area contributed by atoms with Gasteiger partial charge in [0, 0.05) is 12.0 Å². The van der Waals surface area contributed by atoms with Gasteiger partial charge < -0.3 is 9.47 Å². The average Bonchev–Trinajstić information content (AvgIpc) is 2.94. The van der Waals surface area contributed by atoms with Crippen LogP contribution in [0.1, 0.15) is 50.8 Å². The highest BCUT2D eigenvalue weighted by Crippen LogP contribution is 2.22. The number of Topliss-reactive ketones (excluding diaryl/α,β-unsaturated/α-hetero) is 1. The maximum Gasteiger partial charge on any atom is 0.307 e. The van der Waals surface area contributed by atoms with Gasteiger partial charge in [-0.15, -0.1) is 0 Å². The van der Waals surface area contributed by atoms with Gasteiger partial charge in [-0.3, -0.25) is 19.2 Å². The molecule has 0 bridgehead atoms. The van der Waals surface area contributed by atoms with Gasteiger partial charge in [-0.05, 0) is 49.7 Å². The third-order valence-electron chi connectivity index (χ3n) is 4.29. The van der Waals surface area contributed by atoms with Crippen molar-refractivity contribution in [2.45, 2.75) is 19.8 Å². The zero-order chi connectivity index (χ0) is 20.1. The Hall–Kier alpha value is -3.48. The number of hydrogen-bond donors (Lipinski definition) is 0. The lowest BCUT2D eigenvalue weighted by molar-refractivity contribution is -0.146. The van der Waals surface area contributed by atoms with E-state index in [1.165, 1.54) is 6.92 Å². The minimum atomic E-state index is -0.521. The molecular formula is C21H19NO6. The van der Waals surface area contributed by atoms with E-state index in [0.29, 0.717) is 35.5 Å². The van der Waals surface area contributed by atoms with Crippen molar-refractivity contribution in [1.82, 2.24) is 4.90 Å². The highest BCUT2D eigenvalue weighted by Gasteiger charge is 2.35. The number of ketones is 1. The highest BCUT2D eigenvalue weighted by molar-refractivity contribution is 6.21. The fourth-order valence-corrected chi connectivity index (χ4v) is 2.76. The maximum atomic E-state index is 12.2. The Balaban J connectivity index is 1.39. The van der Waals surface area contributed by atoms with E-state index >= 15 is 0 Å². The molecule has 7 nitrogen and oxygen atoms in total. The number of rotatable bonds is 8. The molecule has 1 aliphatic heterocycles. The Morgan fingerprint density at radius 2 is 1.54 bits per heavy atom. The fraction of sp³-hybridized carbons (Fsp3) is 0.238. The van der Waals surface area contributed by atoms with Crippen molar-refractivity contribution in [2.24, 2.45) is 0 Å². The number of imide groups is 1. The van der Waals surface area contributed by atoms with Gasteiger partial charge in [-0.2, -0.15) is 0 Å². The number of hydrogen-bond acceptors (Lipinski definition) is 6. The van der Waals surface area contributed by atoms with Gasteiger partial charge in [0.15, 0.2) is 12.5 Å². The molecule has 7 heteroatoms. The highest BCUT2D eigenvalue weighted by atomic mass is 16.5. The predicted octanol–water partition coefficient (Wildman–Crippen LogP) is 2.85. The summed E-state index contributed by atoms with van der Waals surface area (Å²) in [4.78, 5) is 48.3. The first-order valence-corrected chi connectivity index (χ1v) is 8.82. The summed E-state index contributed by atoms with van der Waals surface area (Å²) >= 11 is 0. The van der Waals surface area contributed by atoms with E-state index in [2.05, 4.69) is 0 Å². The van der Waals surface area contributed by atoms with Crippen LogP contribution in [0.2, 0.25) is 0 Å². The van der Waals surface area contributed by atoms with Crippen molar-refractivity contribution >= 4 is 23.6 Å². The third kappa shape index (κ3) is 4.25. The normalized spacial score (nSPS) is 12.7. The smallest absolute Gasteiger partial charge is 0.307 e. The molecule has 2 amide bonds. The summed E-state index contributed by atoms with van der Waals surface area (Å²) in [6.07, 6.45) is 0.504. The zero-order valence-corrected chi connectivity index (χ0v) is 15.3. The van der Waals surface area contributed by atoms with E-state index in [9.17, 15) is 19.2 Å². The molecule has 2 aromatic rings. The first-order valence-electron chi connectivity index (χ1n) is 8.82. The predicted molar refractivity (Wildman–Crippen MR) is 99.1 cm³/mol. The van der Waals surface area contributed by atoms with Crippen LogP contribution in [-0.2, 0) is 9.53 Å². The van der Waals surface area contributed by atoms with Gasteiger partial charge in [-0.1, -0.05) is 12.1 Å². The number of nitrogens with zero attached hydrogens (tertiary/aromatic N) is 1. The summed E-state index contributed by atoms with van der Waals surface area (Å²) in [5.74, 6) is -0.875. The van der Waals surface area contributed by atoms with E-state index in [1.807, 2.05) is 0 Å². The Morgan fingerprint density at radius 1 is 0.929 bits per heavy atom. The van der Waals surface area contributed by atoms with Gasteiger partial charge in [0.05, 0.1) is 17.7 Å². The van der Waals surface area contributed by atoms with Crippen LogP contribution < -0.4 is 4.74 Å². The molecule has 0 N–H and O–H groups in total. The Bertz CT molecular complexity index is 884. The number of esters is 1. The minimum absolute atomic E-state index is 0.0210. The topological polar surface area (TPSA) is 90.0 Å². The average molecular weight is 381 g/mol. The van der Waals surface area contributed by atoms with Crippen LogP contribution in [0.3, 0.4) is 0 Å². The summed E-state index contributed by atoms with van der Waals surface area (Å²) in [6, 6.07) is 13.2. The number of benzene rings is 2. The lowest BCUT2D eigenvalue weighted by Gasteiger charge is -2.14. The largest absolute Gasteiger partial charge is 0.494 e. The van der Waals surface area contributed by atoms with Crippen molar-refractivity contribution in [3.8, 4) is 5.75 Å². The van der Waals surface area contributed by atoms with Gasteiger partial charge in [0.25, 0.3) is 11.8 Å². The molecule has 1 heterocycles. The molecule has 0 radical (unpaired) electrons. The minimum Gasteiger partial charge on any atom is -0.494 e. The molecule has 0 fully saturated rings. The molecule has 2 aromatic carbocycles. The number of ether oxygens (including phenoxy) is 2. The van der Waals surface area contributed by atoms with Crippen LogP contribution in [0.4, 0.5) is 0 Å². The van der Waals surface area contributed by atoms with E-state index < -0.39 is 24.5 Å². The van der Waals surface area contributed by atoms with Gasteiger partial charge >= 0.3 is 5.97 Å². The lowest BCUT2D eigenvalue weighted by atomic mass is 10.1. The van der Waals surface area contributed by atoms with Crippen molar-refractivity contribution in [1.29, 1.82) is 0 Å².